The molecule has 0 amide bonds. The number of pyridine rings is 1. The van der Waals surface area contributed by atoms with Crippen molar-refractivity contribution in [2.24, 2.45) is 5.73 Å². The molecule has 0 saturated carbocycles. The number of hydrogen-bond donors (Lipinski definition) is 1. The molecular weight excluding hydrogens is 388 g/mol. The van der Waals surface area contributed by atoms with E-state index in [9.17, 15) is 4.39 Å². The molecule has 1 saturated heterocycles. The van der Waals surface area contributed by atoms with E-state index >= 15 is 0 Å². The van der Waals surface area contributed by atoms with Crippen molar-refractivity contribution in [2.45, 2.75) is 31.6 Å². The zero-order valence-corrected chi connectivity index (χ0v) is 16.3. The molecule has 2 N–H and O–H groups in total. The van der Waals surface area contributed by atoms with E-state index < -0.39 is 12.2 Å². The molecule has 0 radical (unpaired) electrons. The number of nitrogens with zero attached hydrogens (tertiary/aromatic N) is 4. The van der Waals surface area contributed by atoms with Gasteiger partial charge in [-0.15, -0.1) is 0 Å². The Morgan fingerprint density at radius 1 is 1.22 bits per heavy atom. The molecule has 1 aliphatic heterocycles. The molecular formula is C19H20Cl2FN5. The first kappa shape index (κ1) is 18.5. The molecule has 1 aromatic carbocycles. The first-order valence-electron chi connectivity index (χ1n) is 8.87. The number of hydrogen-bond acceptors (Lipinski definition) is 4. The monoisotopic (exact) mass is 407 g/mol. The topological polar surface area (TPSA) is 60.0 Å². The summed E-state index contributed by atoms with van der Waals surface area (Å²) < 4.78 is 16.0. The van der Waals surface area contributed by atoms with E-state index in [1.165, 1.54) is 0 Å². The van der Waals surface area contributed by atoms with Crippen molar-refractivity contribution in [1.82, 2.24) is 14.5 Å². The molecule has 3 atom stereocenters. The Hall–Kier alpha value is -1.89. The molecule has 3 unspecified atom stereocenters. The summed E-state index contributed by atoms with van der Waals surface area (Å²) in [7, 11) is 0. The van der Waals surface area contributed by atoms with Gasteiger partial charge in [0.25, 0.3) is 0 Å². The van der Waals surface area contributed by atoms with Gasteiger partial charge in [0.15, 0.2) is 0 Å². The van der Waals surface area contributed by atoms with Gasteiger partial charge in [0, 0.05) is 24.3 Å². The van der Waals surface area contributed by atoms with E-state index in [0.29, 0.717) is 29.6 Å². The largest absolute Gasteiger partial charge is 0.340 e. The molecule has 0 aliphatic carbocycles. The maximum Gasteiger partial charge on any atom is 0.207 e. The van der Waals surface area contributed by atoms with Crippen molar-refractivity contribution in [3.63, 3.8) is 0 Å². The number of halogens is 3. The van der Waals surface area contributed by atoms with Gasteiger partial charge in [-0.05, 0) is 43.7 Å². The Balaban J connectivity index is 1.83. The summed E-state index contributed by atoms with van der Waals surface area (Å²) in [5, 5.41) is 1.21. The highest BCUT2D eigenvalue weighted by Gasteiger charge is 2.30. The smallest absolute Gasteiger partial charge is 0.207 e. The van der Waals surface area contributed by atoms with Gasteiger partial charge in [0.1, 0.15) is 6.17 Å². The summed E-state index contributed by atoms with van der Waals surface area (Å²) >= 11 is 12.2. The fraction of sp³-hybridized carbons (Fsp3) is 0.368. The summed E-state index contributed by atoms with van der Waals surface area (Å²) in [6.07, 6.45) is 1.03. The second-order valence-electron chi connectivity index (χ2n) is 6.91. The van der Waals surface area contributed by atoms with Crippen LogP contribution in [-0.4, -0.2) is 39.8 Å². The number of alkyl halides is 1. The van der Waals surface area contributed by atoms with Gasteiger partial charge in [0.2, 0.25) is 5.95 Å². The van der Waals surface area contributed by atoms with Crippen LogP contribution in [0.4, 0.5) is 10.3 Å². The van der Waals surface area contributed by atoms with E-state index in [4.69, 9.17) is 33.9 Å². The van der Waals surface area contributed by atoms with Crippen LogP contribution < -0.4 is 10.6 Å². The Morgan fingerprint density at radius 2 is 2.00 bits per heavy atom. The van der Waals surface area contributed by atoms with Crippen molar-refractivity contribution in [3.05, 3.63) is 52.3 Å². The lowest BCUT2D eigenvalue weighted by molar-refractivity contribution is 0.243. The lowest BCUT2D eigenvalue weighted by Crippen LogP contribution is -2.50. The van der Waals surface area contributed by atoms with Crippen LogP contribution in [0.15, 0.2) is 36.5 Å². The predicted molar refractivity (Wildman–Crippen MR) is 108 cm³/mol. The van der Waals surface area contributed by atoms with Crippen LogP contribution in [-0.2, 0) is 0 Å². The number of imidazole rings is 1. The van der Waals surface area contributed by atoms with E-state index in [1.54, 1.807) is 6.20 Å². The van der Waals surface area contributed by atoms with E-state index in [2.05, 4.69) is 9.55 Å². The Morgan fingerprint density at radius 3 is 2.70 bits per heavy atom. The minimum atomic E-state index is -0.983. The van der Waals surface area contributed by atoms with Gasteiger partial charge in [-0.2, -0.15) is 0 Å². The maximum absolute atomic E-state index is 13.9. The van der Waals surface area contributed by atoms with E-state index in [0.717, 1.165) is 22.7 Å². The number of fused-ring (bicyclic) bond motifs is 1. The third-order valence-corrected chi connectivity index (χ3v) is 5.51. The molecule has 142 valence electrons. The lowest BCUT2D eigenvalue weighted by atomic mass is 10.1. The van der Waals surface area contributed by atoms with Gasteiger partial charge in [-0.25, -0.2) is 9.37 Å². The molecule has 1 fully saturated rings. The second kappa shape index (κ2) is 7.26. The fourth-order valence-corrected chi connectivity index (χ4v) is 3.84. The van der Waals surface area contributed by atoms with Gasteiger partial charge >= 0.3 is 0 Å². The number of piperidine rings is 1. The van der Waals surface area contributed by atoms with Crippen molar-refractivity contribution in [3.8, 4) is 0 Å². The number of nitrogens with two attached hydrogens (primary N) is 1. The number of benzene rings is 1. The van der Waals surface area contributed by atoms with Crippen molar-refractivity contribution in [1.29, 1.82) is 0 Å². The highest BCUT2D eigenvalue weighted by atomic mass is 35.5. The van der Waals surface area contributed by atoms with E-state index in [1.807, 2.05) is 42.2 Å². The normalized spacial score (nSPS) is 21.6. The summed E-state index contributed by atoms with van der Waals surface area (Å²) in [4.78, 5) is 11.3. The zero-order chi connectivity index (χ0) is 19.1. The first-order chi connectivity index (χ1) is 12.9. The molecule has 27 heavy (non-hydrogen) atoms. The molecule has 0 bridgehead atoms. The van der Waals surface area contributed by atoms with Crippen LogP contribution in [0.5, 0.6) is 0 Å². The van der Waals surface area contributed by atoms with Crippen molar-refractivity contribution in [2.75, 3.05) is 18.0 Å². The average molecular weight is 408 g/mol. The minimum absolute atomic E-state index is 0.111. The van der Waals surface area contributed by atoms with Crippen LogP contribution in [0.1, 0.15) is 25.1 Å². The summed E-state index contributed by atoms with van der Waals surface area (Å²) in [5.41, 5.74) is 8.55. The molecule has 0 spiro atoms. The number of rotatable bonds is 3. The lowest BCUT2D eigenvalue weighted by Gasteiger charge is -2.34. The van der Waals surface area contributed by atoms with Crippen molar-refractivity contribution >= 4 is 40.2 Å². The molecule has 1 aliphatic rings. The third kappa shape index (κ3) is 3.49. The first-order valence-corrected chi connectivity index (χ1v) is 9.63. The summed E-state index contributed by atoms with van der Waals surface area (Å²) in [6, 6.07) is 8.67. The molecule has 3 aromatic rings. The molecule has 2 aromatic heterocycles. The third-order valence-electron chi connectivity index (χ3n) is 5.05. The van der Waals surface area contributed by atoms with Crippen molar-refractivity contribution < 1.29 is 4.39 Å². The van der Waals surface area contributed by atoms with Gasteiger partial charge in [0.05, 0.1) is 33.8 Å². The molecule has 8 heteroatoms. The van der Waals surface area contributed by atoms with Crippen LogP contribution in [0.2, 0.25) is 10.0 Å². The SMILES string of the molecule is CC(c1ccc(Cl)cn1)n1c(N2CCC(F)C(N)C2)nc2ccc(Cl)cc21. The average Bonchev–Trinajstić information content (AvgIpc) is 3.02. The minimum Gasteiger partial charge on any atom is -0.340 e. The Bertz CT molecular complexity index is 959. The standard InChI is InChI=1S/C19H20Cl2FN5/c1-11(16-4-3-13(21)9-24-16)27-18-8-12(20)2-5-17(18)25-19(27)26-7-6-14(22)15(23)10-26/h2-5,8-9,11,14-15H,6-7,10,23H2,1H3. The quantitative estimate of drug-likeness (QED) is 0.705. The van der Waals surface area contributed by atoms with Gasteiger partial charge in [-0.3, -0.25) is 4.98 Å². The highest BCUT2D eigenvalue weighted by molar-refractivity contribution is 6.31. The second-order valence-corrected chi connectivity index (χ2v) is 7.78. The van der Waals surface area contributed by atoms with Crippen LogP contribution in [0.3, 0.4) is 0 Å². The Labute approximate surface area is 166 Å². The molecule has 4 rings (SSSR count). The number of aromatic nitrogens is 3. The highest BCUT2D eigenvalue weighted by Crippen LogP contribution is 2.33. The summed E-state index contributed by atoms with van der Waals surface area (Å²) in [5.74, 6) is 0.749. The predicted octanol–water partition coefficient (Wildman–Crippen LogP) is 4.22. The van der Waals surface area contributed by atoms with E-state index in [-0.39, 0.29) is 6.04 Å². The van der Waals surface area contributed by atoms with Crippen LogP contribution in [0.25, 0.3) is 11.0 Å². The van der Waals surface area contributed by atoms with Crippen LogP contribution >= 0.6 is 23.2 Å². The maximum atomic E-state index is 13.9. The van der Waals surface area contributed by atoms with Gasteiger partial charge in [-0.1, -0.05) is 23.2 Å². The number of anilines is 1. The van der Waals surface area contributed by atoms with Gasteiger partial charge < -0.3 is 15.2 Å². The zero-order valence-electron chi connectivity index (χ0n) is 14.8. The summed E-state index contributed by atoms with van der Waals surface area (Å²) in [6.45, 7) is 3.02. The molecule has 5 nitrogen and oxygen atoms in total. The molecule has 3 heterocycles. The Kier molecular flexibility index (Phi) is 4.97. The fourth-order valence-electron chi connectivity index (χ4n) is 3.56. The van der Waals surface area contributed by atoms with Crippen LogP contribution in [0, 0.1) is 0 Å².